The van der Waals surface area contributed by atoms with Crippen LogP contribution in [-0.2, 0) is 0 Å². The van der Waals surface area contributed by atoms with Gasteiger partial charge in [0.25, 0.3) is 0 Å². The molecule has 0 atom stereocenters. The van der Waals surface area contributed by atoms with Crippen molar-refractivity contribution in [2.45, 2.75) is 0 Å². The van der Waals surface area contributed by atoms with Crippen LogP contribution in [0.4, 0.5) is 0 Å². The zero-order valence-electron chi connectivity index (χ0n) is 21.5. The average molecular weight is 514 g/mol. The molecule has 5 nitrogen and oxygen atoms in total. The van der Waals surface area contributed by atoms with Gasteiger partial charge in [0.05, 0.1) is 27.6 Å². The third-order valence-electron chi connectivity index (χ3n) is 7.40. The number of hydrogen-bond acceptors (Lipinski definition) is 3. The molecule has 0 saturated heterocycles. The van der Waals surface area contributed by atoms with Gasteiger partial charge in [-0.15, -0.1) is 0 Å². The summed E-state index contributed by atoms with van der Waals surface area (Å²) in [5.74, 6) is 1.74. The van der Waals surface area contributed by atoms with Crippen molar-refractivity contribution in [3.8, 4) is 34.2 Å². The summed E-state index contributed by atoms with van der Waals surface area (Å²) >= 11 is 0. The maximum absolute atomic E-state index is 5.13. The van der Waals surface area contributed by atoms with E-state index < -0.39 is 0 Å². The smallest absolute Gasteiger partial charge is 0.147 e. The summed E-state index contributed by atoms with van der Waals surface area (Å²) in [6, 6.07) is 45.7. The van der Waals surface area contributed by atoms with Crippen LogP contribution in [0.1, 0.15) is 0 Å². The van der Waals surface area contributed by atoms with Gasteiger partial charge in [-0.1, -0.05) is 66.7 Å². The highest BCUT2D eigenvalue weighted by Gasteiger charge is 2.21. The lowest BCUT2D eigenvalue weighted by molar-refractivity contribution is 1.10. The second-order valence-electron chi connectivity index (χ2n) is 9.75. The third kappa shape index (κ3) is 3.45. The van der Waals surface area contributed by atoms with Crippen molar-refractivity contribution in [1.82, 2.24) is 24.1 Å². The molecule has 8 aromatic rings. The van der Waals surface area contributed by atoms with Crippen molar-refractivity contribution in [3.63, 3.8) is 0 Å². The lowest BCUT2D eigenvalue weighted by Gasteiger charge is -2.14. The normalized spacial score (nSPS) is 11.5. The molecule has 0 radical (unpaired) electrons. The summed E-state index contributed by atoms with van der Waals surface area (Å²) in [7, 11) is 0. The van der Waals surface area contributed by atoms with E-state index in [9.17, 15) is 0 Å². The molecule has 0 saturated carbocycles. The Bertz CT molecular complexity index is 2000. The molecule has 5 aromatic carbocycles. The number of rotatable bonds is 4. The molecule has 0 N–H and O–H groups in total. The molecular weight excluding hydrogens is 490 g/mol. The monoisotopic (exact) mass is 513 g/mol. The predicted octanol–water partition coefficient (Wildman–Crippen LogP) is 8.25. The Kier molecular flexibility index (Phi) is 5.07. The fraction of sp³-hybridized carbons (Fsp3) is 0. The predicted molar refractivity (Wildman–Crippen MR) is 162 cm³/mol. The summed E-state index contributed by atoms with van der Waals surface area (Å²) < 4.78 is 4.45. The topological polar surface area (TPSA) is 48.5 Å². The van der Waals surface area contributed by atoms with Crippen molar-refractivity contribution < 1.29 is 0 Å². The molecule has 0 spiro atoms. The molecule has 3 heterocycles. The Morgan fingerprint density at radius 3 is 1.52 bits per heavy atom. The van der Waals surface area contributed by atoms with Gasteiger partial charge in [-0.25, -0.2) is 9.97 Å². The molecule has 3 aromatic heterocycles. The number of nitrogens with zero attached hydrogens (tertiary/aromatic N) is 5. The van der Waals surface area contributed by atoms with Crippen molar-refractivity contribution in [2.24, 2.45) is 0 Å². The lowest BCUT2D eigenvalue weighted by atomic mass is 10.0. The van der Waals surface area contributed by atoms with Gasteiger partial charge in [0.15, 0.2) is 0 Å². The van der Waals surface area contributed by atoms with Crippen LogP contribution in [0.15, 0.2) is 140 Å². The molecule has 0 aliphatic carbocycles. The maximum atomic E-state index is 5.13. The molecule has 0 amide bonds. The molecule has 40 heavy (non-hydrogen) atoms. The Morgan fingerprint density at radius 2 is 0.925 bits per heavy atom. The lowest BCUT2D eigenvalue weighted by Crippen LogP contribution is -2.01. The van der Waals surface area contributed by atoms with E-state index in [4.69, 9.17) is 15.0 Å². The minimum Gasteiger partial charge on any atom is -0.292 e. The van der Waals surface area contributed by atoms with Gasteiger partial charge < -0.3 is 0 Å². The van der Waals surface area contributed by atoms with Crippen LogP contribution in [0.5, 0.6) is 0 Å². The molecule has 0 bridgehead atoms. The molecule has 0 aliphatic rings. The Hall–Kier alpha value is -5.55. The number of benzene rings is 5. The van der Waals surface area contributed by atoms with Gasteiger partial charge >= 0.3 is 0 Å². The second-order valence-corrected chi connectivity index (χ2v) is 9.75. The van der Waals surface area contributed by atoms with Crippen LogP contribution in [0.25, 0.3) is 67.1 Å². The highest BCUT2D eigenvalue weighted by atomic mass is 15.1. The Balaban J connectivity index is 1.42. The Morgan fingerprint density at radius 1 is 0.425 bits per heavy atom. The van der Waals surface area contributed by atoms with Gasteiger partial charge in [0, 0.05) is 34.1 Å². The highest BCUT2D eigenvalue weighted by Crippen LogP contribution is 2.38. The number of fused-ring (bicyclic) bond motifs is 3. The molecule has 188 valence electrons. The van der Waals surface area contributed by atoms with E-state index in [0.717, 1.165) is 67.1 Å². The van der Waals surface area contributed by atoms with Crippen molar-refractivity contribution in [1.29, 1.82) is 0 Å². The fourth-order valence-corrected chi connectivity index (χ4v) is 5.64. The first-order valence-electron chi connectivity index (χ1n) is 13.3. The number of para-hydroxylation sites is 6. The van der Waals surface area contributed by atoms with Crippen LogP contribution in [0.2, 0.25) is 0 Å². The standard InChI is InChI=1S/C35H23N5/c1-3-12-24(13-4-1)39-31-19-9-7-17-29(31)37-34(39)27-21-22-28(33-26(27)16-11-23-36-33)35-38-30-18-8-10-20-32(30)40(35)25-14-5-2-6-15-25/h1-23H. The van der Waals surface area contributed by atoms with Gasteiger partial charge in [-0.3, -0.25) is 14.1 Å². The van der Waals surface area contributed by atoms with Crippen LogP contribution in [0.3, 0.4) is 0 Å². The number of imidazole rings is 2. The summed E-state index contributed by atoms with van der Waals surface area (Å²) in [5, 5.41) is 1.03. The van der Waals surface area contributed by atoms with Crippen LogP contribution in [-0.4, -0.2) is 24.1 Å². The largest absolute Gasteiger partial charge is 0.292 e. The second kappa shape index (κ2) is 9.03. The zero-order chi connectivity index (χ0) is 26.5. The minimum atomic E-state index is 0.860. The number of hydrogen-bond donors (Lipinski definition) is 0. The summed E-state index contributed by atoms with van der Waals surface area (Å²) in [6.07, 6.45) is 1.85. The van der Waals surface area contributed by atoms with E-state index in [0.29, 0.717) is 0 Å². The molecule has 8 rings (SSSR count). The first-order valence-corrected chi connectivity index (χ1v) is 13.3. The summed E-state index contributed by atoms with van der Waals surface area (Å²) in [4.78, 5) is 15.2. The molecule has 0 aliphatic heterocycles. The third-order valence-corrected chi connectivity index (χ3v) is 7.40. The van der Waals surface area contributed by atoms with E-state index in [-0.39, 0.29) is 0 Å². The molecule has 5 heteroatoms. The van der Waals surface area contributed by atoms with Crippen LogP contribution in [0, 0.1) is 0 Å². The first kappa shape index (κ1) is 22.4. The number of pyridine rings is 1. The average Bonchev–Trinajstić information content (AvgIpc) is 3.60. The molecule has 0 fully saturated rings. The van der Waals surface area contributed by atoms with Gasteiger partial charge in [0.2, 0.25) is 0 Å². The van der Waals surface area contributed by atoms with E-state index >= 15 is 0 Å². The fourth-order valence-electron chi connectivity index (χ4n) is 5.64. The first-order chi connectivity index (χ1) is 19.9. The van der Waals surface area contributed by atoms with E-state index in [1.807, 2.05) is 36.5 Å². The van der Waals surface area contributed by atoms with E-state index in [2.05, 4.69) is 112 Å². The van der Waals surface area contributed by atoms with Gasteiger partial charge in [0.1, 0.15) is 11.6 Å². The summed E-state index contributed by atoms with van der Waals surface area (Å²) in [5.41, 5.74) is 9.03. The van der Waals surface area contributed by atoms with E-state index in [1.165, 1.54) is 0 Å². The maximum Gasteiger partial charge on any atom is 0.147 e. The van der Waals surface area contributed by atoms with Crippen LogP contribution < -0.4 is 0 Å². The van der Waals surface area contributed by atoms with Crippen molar-refractivity contribution in [3.05, 3.63) is 140 Å². The van der Waals surface area contributed by atoms with E-state index in [1.54, 1.807) is 0 Å². The van der Waals surface area contributed by atoms with Gasteiger partial charge in [-0.05, 0) is 66.7 Å². The Labute approximate surface area is 230 Å². The van der Waals surface area contributed by atoms with Crippen LogP contribution >= 0.6 is 0 Å². The molecular formula is C35H23N5. The summed E-state index contributed by atoms with van der Waals surface area (Å²) in [6.45, 7) is 0. The molecule has 0 unspecified atom stereocenters. The minimum absolute atomic E-state index is 0.860. The van der Waals surface area contributed by atoms with Gasteiger partial charge in [-0.2, -0.15) is 0 Å². The quantitative estimate of drug-likeness (QED) is 0.238. The van der Waals surface area contributed by atoms with Crippen molar-refractivity contribution >= 4 is 33.0 Å². The zero-order valence-corrected chi connectivity index (χ0v) is 21.5. The van der Waals surface area contributed by atoms with Crippen molar-refractivity contribution in [2.75, 3.05) is 0 Å². The highest BCUT2D eigenvalue weighted by molar-refractivity contribution is 6.03. The number of aromatic nitrogens is 5. The SMILES string of the molecule is c1ccc(-n2c(-c3ccc(-c4nc5ccccc5n4-c4ccccc4)c4ncccc34)nc3ccccc32)cc1.